The Hall–Kier alpha value is -2.24. The minimum Gasteiger partial charge on any atom is -0.505 e. The average molecular weight is 347 g/mol. The second-order valence-corrected chi connectivity index (χ2v) is 5.86. The Morgan fingerprint density at radius 3 is 2.61 bits per heavy atom. The topological polar surface area (TPSA) is 38.1 Å². The van der Waals surface area contributed by atoms with Gasteiger partial charge in [0, 0.05) is 23.3 Å². The molecule has 1 N–H and O–H groups in total. The van der Waals surface area contributed by atoms with Gasteiger partial charge in [-0.2, -0.15) is 0 Å². The molecular weight excluding hydrogens is 335 g/mol. The molecule has 0 amide bonds. The van der Waals surface area contributed by atoms with Gasteiger partial charge < -0.3 is 9.67 Å². The maximum absolute atomic E-state index is 13.6. The van der Waals surface area contributed by atoms with Crippen LogP contribution in [0.3, 0.4) is 0 Å². The zero-order valence-electron chi connectivity index (χ0n) is 11.9. The third kappa shape index (κ3) is 3.41. The van der Waals surface area contributed by atoms with E-state index in [9.17, 15) is 9.50 Å². The minimum absolute atomic E-state index is 0.391. The fraction of sp³-hybridized carbons (Fsp3) is 0.0588. The SMILES string of the molecule is Oc1ccc(-c2cncn(Cc3ccc(Cl)cc3)c2=S)cc1F. The number of aromatic nitrogens is 2. The molecule has 3 nitrogen and oxygen atoms in total. The molecule has 3 rings (SSSR count). The molecule has 0 aliphatic rings. The van der Waals surface area contributed by atoms with Crippen molar-refractivity contribution in [3.63, 3.8) is 0 Å². The largest absolute Gasteiger partial charge is 0.505 e. The van der Waals surface area contributed by atoms with Gasteiger partial charge in [-0.05, 0) is 35.4 Å². The van der Waals surface area contributed by atoms with Crippen LogP contribution < -0.4 is 0 Å². The Morgan fingerprint density at radius 2 is 1.91 bits per heavy atom. The van der Waals surface area contributed by atoms with E-state index in [4.69, 9.17) is 23.8 Å². The summed E-state index contributed by atoms with van der Waals surface area (Å²) in [5.41, 5.74) is 2.24. The van der Waals surface area contributed by atoms with E-state index in [0.29, 0.717) is 27.3 Å². The van der Waals surface area contributed by atoms with Gasteiger partial charge in [0.15, 0.2) is 11.6 Å². The predicted molar refractivity (Wildman–Crippen MR) is 90.7 cm³/mol. The molecule has 0 aliphatic carbocycles. The first kappa shape index (κ1) is 15.6. The number of rotatable bonds is 3. The van der Waals surface area contributed by atoms with Gasteiger partial charge in [-0.3, -0.25) is 0 Å². The third-order valence-corrected chi connectivity index (χ3v) is 4.13. The van der Waals surface area contributed by atoms with Crippen LogP contribution >= 0.6 is 23.8 Å². The lowest BCUT2D eigenvalue weighted by Crippen LogP contribution is -2.04. The molecule has 0 spiro atoms. The van der Waals surface area contributed by atoms with E-state index in [-0.39, 0.29) is 0 Å². The lowest BCUT2D eigenvalue weighted by Gasteiger charge is -2.10. The molecule has 0 aliphatic heterocycles. The van der Waals surface area contributed by atoms with Crippen LogP contribution in [-0.2, 0) is 6.54 Å². The lowest BCUT2D eigenvalue weighted by atomic mass is 10.1. The van der Waals surface area contributed by atoms with Gasteiger partial charge in [-0.1, -0.05) is 42.0 Å². The van der Waals surface area contributed by atoms with Gasteiger partial charge in [0.05, 0.1) is 6.33 Å². The molecule has 116 valence electrons. The van der Waals surface area contributed by atoms with Gasteiger partial charge in [-0.15, -0.1) is 0 Å². The van der Waals surface area contributed by atoms with Crippen LogP contribution in [0.4, 0.5) is 4.39 Å². The van der Waals surface area contributed by atoms with E-state index >= 15 is 0 Å². The van der Waals surface area contributed by atoms with E-state index < -0.39 is 11.6 Å². The molecule has 0 bridgehead atoms. The van der Waals surface area contributed by atoms with Gasteiger partial charge in [-0.25, -0.2) is 9.37 Å². The summed E-state index contributed by atoms with van der Waals surface area (Å²) >= 11 is 11.4. The van der Waals surface area contributed by atoms with Gasteiger partial charge in [0.2, 0.25) is 0 Å². The van der Waals surface area contributed by atoms with Crippen LogP contribution in [-0.4, -0.2) is 14.7 Å². The standard InChI is InChI=1S/C17H12ClFN2OS/c18-13-4-1-11(2-5-13)9-21-10-20-8-14(17(21)23)12-3-6-16(22)15(19)7-12/h1-8,10,22H,9H2. The molecule has 0 saturated heterocycles. The van der Waals surface area contributed by atoms with Crippen molar-refractivity contribution in [2.75, 3.05) is 0 Å². The van der Waals surface area contributed by atoms with Crippen LogP contribution in [0.25, 0.3) is 11.1 Å². The summed E-state index contributed by atoms with van der Waals surface area (Å²) in [5, 5.41) is 9.97. The molecule has 0 fully saturated rings. The molecule has 0 atom stereocenters. The van der Waals surface area contributed by atoms with Crippen molar-refractivity contribution < 1.29 is 9.50 Å². The monoisotopic (exact) mass is 346 g/mol. The van der Waals surface area contributed by atoms with Crippen LogP contribution in [0, 0.1) is 10.5 Å². The molecule has 3 aromatic rings. The Labute approximate surface area is 142 Å². The first-order valence-corrected chi connectivity index (χ1v) is 7.61. The van der Waals surface area contributed by atoms with E-state index in [1.54, 1.807) is 23.2 Å². The number of hydrogen-bond donors (Lipinski definition) is 1. The third-order valence-electron chi connectivity index (χ3n) is 3.43. The number of hydrogen-bond acceptors (Lipinski definition) is 3. The van der Waals surface area contributed by atoms with Crippen molar-refractivity contribution in [1.29, 1.82) is 0 Å². The summed E-state index contributed by atoms with van der Waals surface area (Å²) in [6, 6.07) is 11.6. The van der Waals surface area contributed by atoms with Gasteiger partial charge in [0.1, 0.15) is 4.64 Å². The summed E-state index contributed by atoms with van der Waals surface area (Å²) in [7, 11) is 0. The van der Waals surface area contributed by atoms with Crippen LogP contribution in [0.2, 0.25) is 5.02 Å². The maximum Gasteiger partial charge on any atom is 0.165 e. The number of phenolic OH excluding ortho intramolecular Hbond substituents is 1. The van der Waals surface area contributed by atoms with E-state index in [1.807, 2.05) is 24.3 Å². The number of halogens is 2. The van der Waals surface area contributed by atoms with Crippen molar-refractivity contribution >= 4 is 23.8 Å². The molecule has 0 saturated carbocycles. The Morgan fingerprint density at radius 1 is 1.17 bits per heavy atom. The second kappa shape index (κ2) is 6.48. The highest BCUT2D eigenvalue weighted by atomic mass is 35.5. The van der Waals surface area contributed by atoms with E-state index in [2.05, 4.69) is 4.98 Å². The fourth-order valence-corrected chi connectivity index (χ4v) is 2.63. The molecule has 0 radical (unpaired) electrons. The fourth-order valence-electron chi connectivity index (χ4n) is 2.22. The number of aromatic hydroxyl groups is 1. The van der Waals surface area contributed by atoms with Crippen LogP contribution in [0.5, 0.6) is 5.75 Å². The quantitative estimate of drug-likeness (QED) is 0.690. The summed E-state index contributed by atoms with van der Waals surface area (Å²) in [6.45, 7) is 0.539. The minimum atomic E-state index is -0.690. The summed E-state index contributed by atoms with van der Waals surface area (Å²) in [5.74, 6) is -1.08. The van der Waals surface area contributed by atoms with Crippen molar-refractivity contribution in [3.8, 4) is 16.9 Å². The average Bonchev–Trinajstić information content (AvgIpc) is 2.54. The van der Waals surface area contributed by atoms with Crippen LogP contribution in [0.1, 0.15) is 5.56 Å². The Bertz CT molecular complexity index is 909. The molecule has 6 heteroatoms. The summed E-state index contributed by atoms with van der Waals surface area (Å²) in [4.78, 5) is 4.17. The highest BCUT2D eigenvalue weighted by Gasteiger charge is 2.08. The molecule has 0 unspecified atom stereocenters. The van der Waals surface area contributed by atoms with Crippen molar-refractivity contribution in [2.45, 2.75) is 6.54 Å². The molecule has 1 heterocycles. The Balaban J connectivity index is 1.99. The number of nitrogens with zero attached hydrogens (tertiary/aromatic N) is 2. The van der Waals surface area contributed by atoms with Crippen LogP contribution in [0.15, 0.2) is 55.0 Å². The highest BCUT2D eigenvalue weighted by Crippen LogP contribution is 2.25. The van der Waals surface area contributed by atoms with Crippen molar-refractivity contribution in [2.24, 2.45) is 0 Å². The maximum atomic E-state index is 13.6. The zero-order chi connectivity index (χ0) is 16.4. The number of benzene rings is 2. The van der Waals surface area contributed by atoms with Crippen molar-refractivity contribution in [3.05, 3.63) is 76.0 Å². The second-order valence-electron chi connectivity index (χ2n) is 5.03. The smallest absolute Gasteiger partial charge is 0.165 e. The summed E-state index contributed by atoms with van der Waals surface area (Å²) < 4.78 is 15.9. The van der Waals surface area contributed by atoms with Gasteiger partial charge >= 0.3 is 0 Å². The Kier molecular flexibility index (Phi) is 4.41. The zero-order valence-corrected chi connectivity index (χ0v) is 13.5. The molecular formula is C17H12ClFN2OS. The lowest BCUT2D eigenvalue weighted by molar-refractivity contribution is 0.432. The predicted octanol–water partition coefficient (Wildman–Crippen LogP) is 4.83. The normalized spacial score (nSPS) is 10.7. The van der Waals surface area contributed by atoms with Gasteiger partial charge in [0.25, 0.3) is 0 Å². The number of phenols is 1. The molecule has 1 aromatic heterocycles. The van der Waals surface area contributed by atoms with E-state index in [0.717, 1.165) is 5.56 Å². The molecule has 23 heavy (non-hydrogen) atoms. The first-order valence-electron chi connectivity index (χ1n) is 6.82. The highest BCUT2D eigenvalue weighted by molar-refractivity contribution is 7.71. The first-order chi connectivity index (χ1) is 11.0. The molecule has 2 aromatic carbocycles. The van der Waals surface area contributed by atoms with E-state index in [1.165, 1.54) is 12.1 Å². The summed E-state index contributed by atoms with van der Waals surface area (Å²) in [6.07, 6.45) is 3.23. The van der Waals surface area contributed by atoms with Crippen molar-refractivity contribution in [1.82, 2.24) is 9.55 Å².